The van der Waals surface area contributed by atoms with E-state index in [1.807, 2.05) is 0 Å². The summed E-state index contributed by atoms with van der Waals surface area (Å²) < 4.78 is 0. The molecule has 4 nitrogen and oxygen atoms in total. The summed E-state index contributed by atoms with van der Waals surface area (Å²) in [6.45, 7) is 7.73. The Bertz CT molecular complexity index is 651. The predicted molar refractivity (Wildman–Crippen MR) is 123 cm³/mol. The summed E-state index contributed by atoms with van der Waals surface area (Å²) in [4.78, 5) is 19.7. The molecule has 4 heteroatoms. The van der Waals surface area contributed by atoms with E-state index in [9.17, 15) is 4.79 Å². The van der Waals surface area contributed by atoms with E-state index in [-0.39, 0.29) is 0 Å². The molecule has 166 valence electrons. The van der Waals surface area contributed by atoms with Crippen molar-refractivity contribution < 1.29 is 4.79 Å². The molecule has 2 heterocycles. The Morgan fingerprint density at radius 3 is 2.13 bits per heavy atom. The molecule has 0 atom stereocenters. The number of piperidine rings is 1. The fourth-order valence-corrected chi connectivity index (χ4v) is 5.55. The van der Waals surface area contributed by atoms with Crippen LogP contribution in [0.2, 0.25) is 0 Å². The zero-order valence-corrected chi connectivity index (χ0v) is 19.0. The number of rotatable bonds is 7. The number of likely N-dealkylation sites (tertiary alicyclic amines) is 1. The monoisotopic (exact) mass is 411 g/mol. The maximum Gasteiger partial charge on any atom is 0.222 e. The zero-order valence-electron chi connectivity index (χ0n) is 19.0. The van der Waals surface area contributed by atoms with Gasteiger partial charge in [0.25, 0.3) is 0 Å². The molecule has 0 aromatic heterocycles. The smallest absolute Gasteiger partial charge is 0.222 e. The molecule has 2 aliphatic heterocycles. The van der Waals surface area contributed by atoms with E-state index in [0.29, 0.717) is 5.91 Å². The van der Waals surface area contributed by atoms with Gasteiger partial charge in [-0.25, -0.2) is 0 Å². The summed E-state index contributed by atoms with van der Waals surface area (Å²) in [5, 5.41) is 0. The Morgan fingerprint density at radius 1 is 0.833 bits per heavy atom. The Kier molecular flexibility index (Phi) is 7.83. The third-order valence-electron chi connectivity index (χ3n) is 7.76. The van der Waals surface area contributed by atoms with Gasteiger partial charge in [-0.15, -0.1) is 0 Å². The van der Waals surface area contributed by atoms with Crippen LogP contribution in [0.5, 0.6) is 0 Å². The zero-order chi connectivity index (χ0) is 20.8. The Hall–Kier alpha value is -1.39. The van der Waals surface area contributed by atoms with Gasteiger partial charge in [0.15, 0.2) is 0 Å². The van der Waals surface area contributed by atoms with Gasteiger partial charge in [-0.3, -0.25) is 9.69 Å². The predicted octanol–water partition coefficient (Wildman–Crippen LogP) is 4.19. The van der Waals surface area contributed by atoms with Gasteiger partial charge >= 0.3 is 0 Å². The second-order valence-electron chi connectivity index (χ2n) is 10.1. The van der Waals surface area contributed by atoms with Crippen molar-refractivity contribution in [2.24, 2.45) is 11.8 Å². The molecule has 3 fully saturated rings. The lowest BCUT2D eigenvalue weighted by molar-refractivity contribution is -0.132. The van der Waals surface area contributed by atoms with Gasteiger partial charge in [-0.2, -0.15) is 0 Å². The van der Waals surface area contributed by atoms with E-state index in [1.54, 1.807) is 0 Å². The lowest BCUT2D eigenvalue weighted by atomic mass is 9.89. The number of carbonyl (C=O) groups is 1. The van der Waals surface area contributed by atoms with Gasteiger partial charge < -0.3 is 9.80 Å². The van der Waals surface area contributed by atoms with Crippen molar-refractivity contribution in [3.63, 3.8) is 0 Å². The number of hydrogen-bond donors (Lipinski definition) is 0. The van der Waals surface area contributed by atoms with Gasteiger partial charge in [0, 0.05) is 52.2 Å². The summed E-state index contributed by atoms with van der Waals surface area (Å²) in [7, 11) is 2.21. The average Bonchev–Trinajstić information content (AvgIpc) is 3.29. The number of benzene rings is 1. The van der Waals surface area contributed by atoms with Crippen molar-refractivity contribution in [1.29, 1.82) is 0 Å². The van der Waals surface area contributed by atoms with Crippen molar-refractivity contribution in [2.75, 3.05) is 46.3 Å². The maximum absolute atomic E-state index is 12.6. The molecule has 1 aromatic carbocycles. The molecule has 2 saturated heterocycles. The molecule has 0 bridgehead atoms. The van der Waals surface area contributed by atoms with E-state index in [1.165, 1.54) is 69.4 Å². The molecule has 30 heavy (non-hydrogen) atoms. The number of amides is 1. The minimum Gasteiger partial charge on any atom is -0.343 e. The molecule has 0 radical (unpaired) electrons. The molecule has 4 rings (SSSR count). The third-order valence-corrected chi connectivity index (χ3v) is 7.76. The number of nitrogens with zero attached hydrogens (tertiary/aromatic N) is 3. The SMILES string of the molecule is CN1CCN(Cc2ccc(CC3CCN(C(=O)CCC4CCCC4)CC3)cc2)CC1. The Morgan fingerprint density at radius 2 is 1.47 bits per heavy atom. The normalized spacial score (nSPS) is 22.6. The number of piperazine rings is 1. The summed E-state index contributed by atoms with van der Waals surface area (Å²) in [5.41, 5.74) is 2.90. The molecule has 3 aliphatic rings. The molecule has 0 spiro atoms. The fourth-order valence-electron chi connectivity index (χ4n) is 5.55. The second-order valence-corrected chi connectivity index (χ2v) is 10.1. The van der Waals surface area contributed by atoms with Crippen LogP contribution in [0.1, 0.15) is 62.5 Å². The van der Waals surface area contributed by atoms with Crippen LogP contribution in [0.3, 0.4) is 0 Å². The Balaban J connectivity index is 1.16. The standard InChI is InChI=1S/C26H41N3O/c1-27-16-18-28(19-17-27)21-25-8-6-23(7-9-25)20-24-12-14-29(15-13-24)26(30)11-10-22-4-2-3-5-22/h6-9,22,24H,2-5,10-21H2,1H3. The van der Waals surface area contributed by atoms with Crippen LogP contribution < -0.4 is 0 Å². The van der Waals surface area contributed by atoms with E-state index in [4.69, 9.17) is 0 Å². The van der Waals surface area contributed by atoms with Crippen LogP contribution in [0, 0.1) is 11.8 Å². The van der Waals surface area contributed by atoms with Gasteiger partial charge in [0.2, 0.25) is 5.91 Å². The lowest BCUT2D eigenvalue weighted by Crippen LogP contribution is -2.43. The summed E-state index contributed by atoms with van der Waals surface area (Å²) in [6.07, 6.45) is 10.9. The van der Waals surface area contributed by atoms with Crippen molar-refractivity contribution in [3.8, 4) is 0 Å². The molecular formula is C26H41N3O. The minimum atomic E-state index is 0.411. The highest BCUT2D eigenvalue weighted by atomic mass is 16.2. The number of hydrogen-bond acceptors (Lipinski definition) is 3. The highest BCUT2D eigenvalue weighted by molar-refractivity contribution is 5.76. The lowest BCUT2D eigenvalue weighted by Gasteiger charge is -2.33. The molecule has 1 amide bonds. The molecular weight excluding hydrogens is 370 g/mol. The molecule has 0 N–H and O–H groups in total. The fraction of sp³-hybridized carbons (Fsp3) is 0.731. The largest absolute Gasteiger partial charge is 0.343 e. The molecule has 1 saturated carbocycles. The van der Waals surface area contributed by atoms with Gasteiger partial charge in [-0.1, -0.05) is 49.9 Å². The van der Waals surface area contributed by atoms with Crippen LogP contribution >= 0.6 is 0 Å². The summed E-state index contributed by atoms with van der Waals surface area (Å²) in [5.74, 6) is 1.96. The van der Waals surface area contributed by atoms with Crippen LogP contribution in [-0.4, -0.2) is 66.9 Å². The van der Waals surface area contributed by atoms with Gasteiger partial charge in [-0.05, 0) is 55.7 Å². The molecule has 1 aliphatic carbocycles. The first kappa shape index (κ1) is 21.8. The van der Waals surface area contributed by atoms with Crippen molar-refractivity contribution >= 4 is 5.91 Å². The van der Waals surface area contributed by atoms with E-state index >= 15 is 0 Å². The summed E-state index contributed by atoms with van der Waals surface area (Å²) in [6, 6.07) is 9.33. The molecule has 1 aromatic rings. The van der Waals surface area contributed by atoms with Crippen LogP contribution in [0.15, 0.2) is 24.3 Å². The molecule has 0 unspecified atom stereocenters. The van der Waals surface area contributed by atoms with Crippen LogP contribution in [0.4, 0.5) is 0 Å². The first-order valence-electron chi connectivity index (χ1n) is 12.4. The van der Waals surface area contributed by atoms with Gasteiger partial charge in [0.1, 0.15) is 0 Å². The van der Waals surface area contributed by atoms with Crippen LogP contribution in [-0.2, 0) is 17.8 Å². The van der Waals surface area contributed by atoms with E-state index in [2.05, 4.69) is 46.0 Å². The Labute approximate surface area is 183 Å². The average molecular weight is 412 g/mol. The quantitative estimate of drug-likeness (QED) is 0.673. The number of carbonyl (C=O) groups excluding carboxylic acids is 1. The maximum atomic E-state index is 12.6. The minimum absolute atomic E-state index is 0.411. The second kappa shape index (κ2) is 10.8. The van der Waals surface area contributed by atoms with Gasteiger partial charge in [0.05, 0.1) is 0 Å². The van der Waals surface area contributed by atoms with E-state index < -0.39 is 0 Å². The topological polar surface area (TPSA) is 26.8 Å². The third kappa shape index (κ3) is 6.31. The van der Waals surface area contributed by atoms with Crippen LogP contribution in [0.25, 0.3) is 0 Å². The van der Waals surface area contributed by atoms with E-state index in [0.717, 1.165) is 57.2 Å². The van der Waals surface area contributed by atoms with Crippen molar-refractivity contribution in [2.45, 2.75) is 64.3 Å². The first-order valence-corrected chi connectivity index (χ1v) is 12.4. The highest BCUT2D eigenvalue weighted by Gasteiger charge is 2.24. The first-order chi connectivity index (χ1) is 14.7. The highest BCUT2D eigenvalue weighted by Crippen LogP contribution is 2.29. The van der Waals surface area contributed by atoms with Crippen molar-refractivity contribution in [1.82, 2.24) is 14.7 Å². The van der Waals surface area contributed by atoms with Crippen molar-refractivity contribution in [3.05, 3.63) is 35.4 Å². The summed E-state index contributed by atoms with van der Waals surface area (Å²) >= 11 is 0. The number of likely N-dealkylation sites (N-methyl/N-ethyl adjacent to an activating group) is 1.